The van der Waals surface area contributed by atoms with Gasteiger partial charge in [0, 0.05) is 44.7 Å². The number of guanidine groups is 1. The van der Waals surface area contributed by atoms with Crippen LogP contribution in [0.1, 0.15) is 50.0 Å². The molecule has 6 nitrogen and oxygen atoms in total. The predicted molar refractivity (Wildman–Crippen MR) is 120 cm³/mol. The number of likely N-dealkylation sites (N-methyl/N-ethyl adjacent to an activating group) is 1. The molecule has 1 aromatic heterocycles. The van der Waals surface area contributed by atoms with Crippen LogP contribution in [-0.2, 0) is 4.79 Å². The summed E-state index contributed by atoms with van der Waals surface area (Å²) in [6.07, 6.45) is 8.42. The summed E-state index contributed by atoms with van der Waals surface area (Å²) in [6.45, 7) is 3.99. The number of nitrogens with one attached hydrogen (secondary N) is 2. The van der Waals surface area contributed by atoms with Gasteiger partial charge < -0.3 is 15.5 Å². The lowest BCUT2D eigenvalue weighted by Crippen LogP contribution is -2.42. The molecule has 8 heteroatoms. The minimum absolute atomic E-state index is 0. The van der Waals surface area contributed by atoms with Crippen molar-refractivity contribution in [1.82, 2.24) is 20.5 Å². The third-order valence-corrected chi connectivity index (χ3v) is 5.61. The van der Waals surface area contributed by atoms with E-state index in [0.717, 1.165) is 24.1 Å². The van der Waals surface area contributed by atoms with Gasteiger partial charge in [-0.2, -0.15) is 0 Å². The van der Waals surface area contributed by atoms with Crippen LogP contribution in [0.5, 0.6) is 0 Å². The van der Waals surface area contributed by atoms with Gasteiger partial charge in [0.05, 0.1) is 5.01 Å². The minimum atomic E-state index is 0. The first-order chi connectivity index (χ1) is 12.1. The summed E-state index contributed by atoms with van der Waals surface area (Å²) in [7, 11) is 3.51. The van der Waals surface area contributed by atoms with Crippen LogP contribution in [0.3, 0.4) is 0 Å². The Hall–Kier alpha value is -0.900. The van der Waals surface area contributed by atoms with E-state index in [1.54, 1.807) is 30.3 Å². The zero-order valence-electron chi connectivity index (χ0n) is 16.0. The molecule has 1 saturated carbocycles. The highest BCUT2D eigenvalue weighted by molar-refractivity contribution is 14.0. The molecule has 1 unspecified atom stereocenters. The zero-order valence-corrected chi connectivity index (χ0v) is 19.2. The summed E-state index contributed by atoms with van der Waals surface area (Å²) >= 11 is 1.67. The highest BCUT2D eigenvalue weighted by atomic mass is 127. The molecule has 1 atom stereocenters. The highest BCUT2D eigenvalue weighted by Crippen LogP contribution is 2.22. The number of rotatable bonds is 7. The third kappa shape index (κ3) is 8.20. The molecule has 1 fully saturated rings. The summed E-state index contributed by atoms with van der Waals surface area (Å²) in [6, 6.07) is 0. The van der Waals surface area contributed by atoms with E-state index in [9.17, 15) is 4.79 Å². The van der Waals surface area contributed by atoms with Gasteiger partial charge in [-0.25, -0.2) is 9.98 Å². The van der Waals surface area contributed by atoms with Crippen LogP contribution < -0.4 is 10.6 Å². The largest absolute Gasteiger partial charge is 0.356 e. The molecule has 0 bridgehead atoms. The fourth-order valence-corrected chi connectivity index (χ4v) is 3.61. The van der Waals surface area contributed by atoms with Crippen molar-refractivity contribution in [1.29, 1.82) is 0 Å². The Morgan fingerprint density at radius 3 is 2.69 bits per heavy atom. The van der Waals surface area contributed by atoms with Gasteiger partial charge in [-0.05, 0) is 18.8 Å². The molecule has 26 heavy (non-hydrogen) atoms. The average Bonchev–Trinajstić information content (AvgIpc) is 3.16. The molecule has 1 amide bonds. The first kappa shape index (κ1) is 23.1. The van der Waals surface area contributed by atoms with Gasteiger partial charge in [-0.3, -0.25) is 4.79 Å². The van der Waals surface area contributed by atoms with Crippen molar-refractivity contribution in [2.45, 2.75) is 44.9 Å². The van der Waals surface area contributed by atoms with Crippen molar-refractivity contribution in [3.05, 3.63) is 16.6 Å². The molecule has 0 saturated heterocycles. The van der Waals surface area contributed by atoms with Crippen LogP contribution in [0.4, 0.5) is 0 Å². The maximum atomic E-state index is 11.8. The fraction of sp³-hybridized carbons (Fsp3) is 0.722. The maximum absolute atomic E-state index is 11.8. The van der Waals surface area contributed by atoms with E-state index in [1.165, 1.54) is 32.1 Å². The number of carbonyl (C=O) groups excluding carboxylic acids is 1. The number of hydrogen-bond acceptors (Lipinski definition) is 4. The predicted octanol–water partition coefficient (Wildman–Crippen LogP) is 3.07. The number of amides is 1. The Labute approximate surface area is 178 Å². The van der Waals surface area contributed by atoms with Crippen LogP contribution in [0.15, 0.2) is 16.6 Å². The van der Waals surface area contributed by atoms with Crippen molar-refractivity contribution in [3.8, 4) is 0 Å². The second kappa shape index (κ2) is 12.5. The van der Waals surface area contributed by atoms with Gasteiger partial charge in [-0.1, -0.05) is 26.2 Å². The Morgan fingerprint density at radius 1 is 1.35 bits per heavy atom. The van der Waals surface area contributed by atoms with Crippen molar-refractivity contribution in [3.63, 3.8) is 0 Å². The molecule has 1 aromatic rings. The van der Waals surface area contributed by atoms with Gasteiger partial charge in [-0.15, -0.1) is 35.3 Å². The normalized spacial score (nSPS) is 16.5. The monoisotopic (exact) mass is 493 g/mol. The summed E-state index contributed by atoms with van der Waals surface area (Å²) < 4.78 is 0. The molecule has 1 heterocycles. The molecule has 2 rings (SSSR count). The highest BCUT2D eigenvalue weighted by Gasteiger charge is 2.15. The number of aromatic nitrogens is 1. The molecule has 0 aromatic carbocycles. The standard InChI is InChI=1S/C18H31N5OS.HI/c1-14(17-19-9-10-25-17)11-20-18(22-13-16(24)23(2)3)21-12-15-7-5-4-6-8-15;/h9-10,14-15H,4-8,11-13H2,1-3H3,(H2,20,21,22);1H. The van der Waals surface area contributed by atoms with Gasteiger partial charge >= 0.3 is 0 Å². The van der Waals surface area contributed by atoms with Gasteiger partial charge in [0.2, 0.25) is 5.91 Å². The van der Waals surface area contributed by atoms with Crippen molar-refractivity contribution >= 4 is 47.2 Å². The van der Waals surface area contributed by atoms with E-state index in [2.05, 4.69) is 27.5 Å². The van der Waals surface area contributed by atoms with Crippen LogP contribution in [0, 0.1) is 5.92 Å². The quantitative estimate of drug-likeness (QED) is 0.348. The van der Waals surface area contributed by atoms with Crippen LogP contribution in [-0.4, -0.2) is 55.5 Å². The van der Waals surface area contributed by atoms with Crippen LogP contribution in [0.2, 0.25) is 0 Å². The van der Waals surface area contributed by atoms with Gasteiger partial charge in [0.1, 0.15) is 6.54 Å². The van der Waals surface area contributed by atoms with E-state index in [4.69, 9.17) is 0 Å². The van der Waals surface area contributed by atoms with Gasteiger partial charge in [0.25, 0.3) is 0 Å². The zero-order chi connectivity index (χ0) is 18.1. The van der Waals surface area contributed by atoms with Crippen molar-refractivity contribution in [2.75, 3.05) is 33.7 Å². The number of hydrogen-bond donors (Lipinski definition) is 2. The number of aliphatic imine (C=N–C) groups is 1. The lowest BCUT2D eigenvalue weighted by molar-refractivity contribution is -0.127. The molecule has 0 radical (unpaired) electrons. The smallest absolute Gasteiger partial charge is 0.243 e. The molecule has 1 aliphatic carbocycles. The minimum Gasteiger partial charge on any atom is -0.356 e. The molecular weight excluding hydrogens is 461 g/mol. The van der Waals surface area contributed by atoms with E-state index >= 15 is 0 Å². The molecule has 2 N–H and O–H groups in total. The SMILES string of the molecule is CC(CNC(=NCC(=O)N(C)C)NCC1CCCCC1)c1nccs1.I. The Morgan fingerprint density at radius 2 is 2.08 bits per heavy atom. The second-order valence-corrected chi connectivity index (χ2v) is 7.92. The number of thiazole rings is 1. The number of halogens is 1. The lowest BCUT2D eigenvalue weighted by Gasteiger charge is -2.23. The van der Waals surface area contributed by atoms with E-state index in [1.807, 2.05) is 11.6 Å². The number of nitrogens with zero attached hydrogens (tertiary/aromatic N) is 3. The molecule has 1 aliphatic rings. The summed E-state index contributed by atoms with van der Waals surface area (Å²) in [4.78, 5) is 22.2. The summed E-state index contributed by atoms with van der Waals surface area (Å²) in [5.41, 5.74) is 0. The van der Waals surface area contributed by atoms with E-state index in [0.29, 0.717) is 11.8 Å². The van der Waals surface area contributed by atoms with Gasteiger partial charge in [0.15, 0.2) is 5.96 Å². The number of carbonyl (C=O) groups is 1. The topological polar surface area (TPSA) is 69.6 Å². The fourth-order valence-electron chi connectivity index (χ4n) is 2.91. The summed E-state index contributed by atoms with van der Waals surface area (Å²) in [5.74, 6) is 1.75. The second-order valence-electron chi connectivity index (χ2n) is 6.99. The molecule has 0 spiro atoms. The molecule has 148 valence electrons. The third-order valence-electron chi connectivity index (χ3n) is 4.60. The van der Waals surface area contributed by atoms with E-state index < -0.39 is 0 Å². The van der Waals surface area contributed by atoms with Crippen molar-refractivity contribution < 1.29 is 4.79 Å². The maximum Gasteiger partial charge on any atom is 0.243 e. The first-order valence-corrected chi connectivity index (χ1v) is 10.1. The Balaban J connectivity index is 0.00000338. The Kier molecular flexibility index (Phi) is 11.1. The Bertz CT molecular complexity index is 544. The van der Waals surface area contributed by atoms with E-state index in [-0.39, 0.29) is 36.4 Å². The molecular formula is C18H32IN5OS. The van der Waals surface area contributed by atoms with Crippen LogP contribution in [0.25, 0.3) is 0 Å². The van der Waals surface area contributed by atoms with Crippen LogP contribution >= 0.6 is 35.3 Å². The molecule has 0 aliphatic heterocycles. The summed E-state index contributed by atoms with van der Waals surface area (Å²) in [5, 5.41) is 9.92. The average molecular weight is 493 g/mol. The first-order valence-electron chi connectivity index (χ1n) is 9.18. The lowest BCUT2D eigenvalue weighted by atomic mass is 9.89. The van der Waals surface area contributed by atoms with Crippen molar-refractivity contribution in [2.24, 2.45) is 10.9 Å².